The second-order valence-electron chi connectivity index (χ2n) is 5.36. The molecule has 2 unspecified atom stereocenters. The van der Waals surface area contributed by atoms with Crippen LogP contribution in [0.25, 0.3) is 0 Å². The fourth-order valence-corrected chi connectivity index (χ4v) is 2.85. The highest BCUT2D eigenvalue weighted by molar-refractivity contribution is 9.10. The Hall–Kier alpha value is -1.01. The Kier molecular flexibility index (Phi) is 4.29. The molecule has 1 aromatic carbocycles. The van der Waals surface area contributed by atoms with Crippen molar-refractivity contribution in [1.29, 1.82) is 5.26 Å². The molecule has 1 aromatic rings. The van der Waals surface area contributed by atoms with E-state index in [0.29, 0.717) is 0 Å². The average molecular weight is 307 g/mol. The molecule has 1 fully saturated rings. The van der Waals surface area contributed by atoms with E-state index in [-0.39, 0.29) is 5.54 Å². The van der Waals surface area contributed by atoms with Gasteiger partial charge in [-0.2, -0.15) is 5.26 Å². The summed E-state index contributed by atoms with van der Waals surface area (Å²) in [7, 11) is 0. The van der Waals surface area contributed by atoms with Crippen molar-refractivity contribution in [3.63, 3.8) is 0 Å². The molecule has 0 bridgehead atoms. The van der Waals surface area contributed by atoms with Crippen molar-refractivity contribution in [3.8, 4) is 6.07 Å². The Bertz CT molecular complexity index is 435. The van der Waals surface area contributed by atoms with Crippen LogP contribution in [-0.2, 0) is 0 Å². The van der Waals surface area contributed by atoms with E-state index in [9.17, 15) is 5.26 Å². The van der Waals surface area contributed by atoms with Gasteiger partial charge in [0, 0.05) is 10.2 Å². The number of nitrogens with one attached hydrogen (secondary N) is 1. The van der Waals surface area contributed by atoms with E-state index in [0.717, 1.165) is 41.8 Å². The smallest absolute Gasteiger partial charge is 0.125 e. The van der Waals surface area contributed by atoms with Crippen molar-refractivity contribution in [2.75, 3.05) is 5.32 Å². The van der Waals surface area contributed by atoms with Crippen LogP contribution in [0.4, 0.5) is 5.69 Å². The number of nitrogens with zero attached hydrogens (tertiary/aromatic N) is 1. The van der Waals surface area contributed by atoms with Gasteiger partial charge in [0.25, 0.3) is 0 Å². The first-order valence-electron chi connectivity index (χ1n) is 6.58. The Balaban J connectivity index is 2.13. The maximum atomic E-state index is 9.55. The Morgan fingerprint density at radius 1 is 1.28 bits per heavy atom. The summed E-state index contributed by atoms with van der Waals surface area (Å²) in [5, 5.41) is 13.0. The monoisotopic (exact) mass is 306 g/mol. The first kappa shape index (κ1) is 13.4. The molecule has 0 radical (unpaired) electrons. The van der Waals surface area contributed by atoms with E-state index in [1.54, 1.807) is 0 Å². The summed E-state index contributed by atoms with van der Waals surface area (Å²) >= 11 is 3.43. The molecule has 0 aromatic heterocycles. The van der Waals surface area contributed by atoms with Crippen LogP contribution in [0.1, 0.15) is 39.0 Å². The quantitative estimate of drug-likeness (QED) is 0.802. The Labute approximate surface area is 118 Å². The molecule has 0 aliphatic heterocycles. The zero-order valence-electron chi connectivity index (χ0n) is 10.7. The lowest BCUT2D eigenvalue weighted by Crippen LogP contribution is -2.36. The van der Waals surface area contributed by atoms with E-state index in [1.165, 1.54) is 6.42 Å². The van der Waals surface area contributed by atoms with Crippen molar-refractivity contribution in [3.05, 3.63) is 28.7 Å². The largest absolute Gasteiger partial charge is 0.367 e. The second-order valence-corrected chi connectivity index (χ2v) is 6.28. The average Bonchev–Trinajstić information content (AvgIpc) is 2.56. The van der Waals surface area contributed by atoms with Crippen LogP contribution >= 0.6 is 15.9 Å². The van der Waals surface area contributed by atoms with Crippen LogP contribution < -0.4 is 5.32 Å². The third kappa shape index (κ3) is 3.26. The first-order valence-corrected chi connectivity index (χ1v) is 7.38. The molecule has 2 rings (SSSR count). The standard InChI is InChI=1S/C15H19BrN2/c1-12-3-2-9-15(11-17,10-8-12)18-14-6-4-13(16)5-7-14/h4-7,12,18H,2-3,8-10H2,1H3. The molecule has 1 N–H and O–H groups in total. The van der Waals surface area contributed by atoms with Crippen LogP contribution in [0.15, 0.2) is 28.7 Å². The SMILES string of the molecule is CC1CCCC(C#N)(Nc2ccc(Br)cc2)CC1. The third-order valence-corrected chi connectivity index (χ3v) is 4.33. The molecule has 0 heterocycles. The van der Waals surface area contributed by atoms with Gasteiger partial charge in [-0.05, 0) is 55.9 Å². The summed E-state index contributed by atoms with van der Waals surface area (Å²) < 4.78 is 1.06. The second kappa shape index (κ2) is 5.75. The van der Waals surface area contributed by atoms with Crippen molar-refractivity contribution in [2.24, 2.45) is 5.92 Å². The molecule has 18 heavy (non-hydrogen) atoms. The van der Waals surface area contributed by atoms with Gasteiger partial charge in [0.1, 0.15) is 5.54 Å². The van der Waals surface area contributed by atoms with Crippen LogP contribution in [0, 0.1) is 17.2 Å². The lowest BCUT2D eigenvalue weighted by atomic mass is 9.91. The Morgan fingerprint density at radius 3 is 2.67 bits per heavy atom. The van der Waals surface area contributed by atoms with Gasteiger partial charge in [0.05, 0.1) is 6.07 Å². The molecule has 2 atom stereocenters. The van der Waals surface area contributed by atoms with E-state index < -0.39 is 0 Å². The first-order chi connectivity index (χ1) is 8.63. The number of rotatable bonds is 2. The number of hydrogen-bond donors (Lipinski definition) is 1. The van der Waals surface area contributed by atoms with Crippen molar-refractivity contribution >= 4 is 21.6 Å². The molecule has 2 nitrogen and oxygen atoms in total. The van der Waals surface area contributed by atoms with Crippen molar-refractivity contribution in [1.82, 2.24) is 0 Å². The van der Waals surface area contributed by atoms with E-state index in [2.05, 4.69) is 34.2 Å². The maximum Gasteiger partial charge on any atom is 0.125 e. The zero-order chi connectivity index (χ0) is 13.0. The summed E-state index contributed by atoms with van der Waals surface area (Å²) in [6.45, 7) is 2.28. The van der Waals surface area contributed by atoms with Crippen molar-refractivity contribution < 1.29 is 0 Å². The predicted molar refractivity (Wildman–Crippen MR) is 78.4 cm³/mol. The van der Waals surface area contributed by atoms with Gasteiger partial charge in [-0.25, -0.2) is 0 Å². The molecule has 0 saturated heterocycles. The van der Waals surface area contributed by atoms with Gasteiger partial charge in [0.15, 0.2) is 0 Å². The predicted octanol–water partition coefficient (Wildman–Crippen LogP) is 4.72. The number of nitriles is 1. The number of benzene rings is 1. The summed E-state index contributed by atoms with van der Waals surface area (Å²) in [5.74, 6) is 0.743. The summed E-state index contributed by atoms with van der Waals surface area (Å²) in [6, 6.07) is 10.6. The van der Waals surface area contributed by atoms with E-state index in [1.807, 2.05) is 24.3 Å². The molecule has 1 saturated carbocycles. The number of hydrogen-bond acceptors (Lipinski definition) is 2. The minimum Gasteiger partial charge on any atom is -0.367 e. The summed E-state index contributed by atoms with van der Waals surface area (Å²) in [5.41, 5.74) is 0.660. The van der Waals surface area contributed by atoms with E-state index >= 15 is 0 Å². The van der Waals surface area contributed by atoms with Gasteiger partial charge in [-0.3, -0.25) is 0 Å². The van der Waals surface area contributed by atoms with Gasteiger partial charge in [-0.1, -0.05) is 29.3 Å². The number of anilines is 1. The van der Waals surface area contributed by atoms with Gasteiger partial charge < -0.3 is 5.32 Å². The van der Waals surface area contributed by atoms with Gasteiger partial charge in [-0.15, -0.1) is 0 Å². The Morgan fingerprint density at radius 2 is 2.00 bits per heavy atom. The molecular weight excluding hydrogens is 288 g/mol. The van der Waals surface area contributed by atoms with Crippen LogP contribution in [0.5, 0.6) is 0 Å². The third-order valence-electron chi connectivity index (χ3n) is 3.81. The van der Waals surface area contributed by atoms with Crippen LogP contribution in [0.3, 0.4) is 0 Å². The normalized spacial score (nSPS) is 28.2. The van der Waals surface area contributed by atoms with Gasteiger partial charge in [0.2, 0.25) is 0 Å². The molecule has 1 aliphatic carbocycles. The maximum absolute atomic E-state index is 9.55. The zero-order valence-corrected chi connectivity index (χ0v) is 12.3. The van der Waals surface area contributed by atoms with Crippen LogP contribution in [-0.4, -0.2) is 5.54 Å². The lowest BCUT2D eigenvalue weighted by Gasteiger charge is -2.27. The fourth-order valence-electron chi connectivity index (χ4n) is 2.59. The minimum absolute atomic E-state index is 0.376. The minimum atomic E-state index is -0.376. The molecule has 3 heteroatoms. The molecule has 96 valence electrons. The van der Waals surface area contributed by atoms with Crippen molar-refractivity contribution in [2.45, 2.75) is 44.6 Å². The highest BCUT2D eigenvalue weighted by atomic mass is 79.9. The topological polar surface area (TPSA) is 35.8 Å². The fraction of sp³-hybridized carbons (Fsp3) is 0.533. The van der Waals surface area contributed by atoms with E-state index in [4.69, 9.17) is 0 Å². The summed E-state index contributed by atoms with van der Waals surface area (Å²) in [6.07, 6.45) is 5.41. The molecule has 0 spiro atoms. The molecule has 0 amide bonds. The summed E-state index contributed by atoms with van der Waals surface area (Å²) in [4.78, 5) is 0. The highest BCUT2D eigenvalue weighted by Crippen LogP contribution is 2.32. The molecule has 1 aliphatic rings. The van der Waals surface area contributed by atoms with Crippen LogP contribution in [0.2, 0.25) is 0 Å². The lowest BCUT2D eigenvalue weighted by molar-refractivity contribution is 0.479. The molecular formula is C15H19BrN2. The van der Waals surface area contributed by atoms with Gasteiger partial charge >= 0.3 is 0 Å². The highest BCUT2D eigenvalue weighted by Gasteiger charge is 2.32. The number of halogens is 1.